The number of ketones is 1. The Hall–Kier alpha value is -17.9. The van der Waals surface area contributed by atoms with Gasteiger partial charge in [0.05, 0.1) is 79.6 Å². The average Bonchev–Trinajstić information content (AvgIpc) is 0.843. The van der Waals surface area contributed by atoms with Crippen LogP contribution < -0.4 is 56.8 Å². The molecule has 0 aliphatic carbocycles. The molecule has 0 spiro atoms. The van der Waals surface area contributed by atoms with Crippen molar-refractivity contribution in [1.82, 2.24) is 0 Å². The molecule has 146 heavy (non-hydrogen) atoms. The molecule has 35 nitrogen and oxygen atoms in total. The van der Waals surface area contributed by atoms with Crippen LogP contribution in [0.15, 0.2) is 281 Å². The standard InChI is InChI=1S/C34H34O10.C31H28O11.C24H26O7.C22H22O7/c1-4-27(36)10-8-6-5-7-9-21-40-34(39)43-29-17-13-25(14-18-29)32(37)42-28-15-11-26(12-16-28)33(38)44-31-20-19-30(22-23(31)2)41-24(3)35;1-4-28(33)37-17-5-6-18-38-31(36)41-25-13-9-22(10-14-25)29(34)40-24-11-7-23(8-12-24)30(35)42-27-16-15-26(19-20(27)2)39-21(3)32;1-3-22(25)28-16-6-4-5-7-17-29-24(27)31-21-14-10-19(11-15-21)23(26)30-20-12-8-18(2)9-13-20;1-3-20(23)26-14-4-5-15-27-22(25)29-19-12-8-17(9-13-19)21(24)28-18-10-6-16(2)7-11-18/h4,11-20,22H,1,5-10,21H2,2-3H3;4,7-16,19H,1,5-6,17-18H2,2-3H3;3,8-15H,1,4-7,16-17H2,2H3;3,6-13H,1,4-5,14-15H2,2H3. The van der Waals surface area contributed by atoms with Gasteiger partial charge in [-0.1, -0.05) is 81.0 Å². The number of aryl methyl sites for hydroxylation is 4. The lowest BCUT2D eigenvalue weighted by Crippen LogP contribution is -2.13. The van der Waals surface area contributed by atoms with Crippen molar-refractivity contribution >= 4 is 96.1 Å². The Balaban J connectivity index is 0.000000268. The Morgan fingerprint density at radius 3 is 0.637 bits per heavy atom. The Labute approximate surface area is 842 Å². The van der Waals surface area contributed by atoms with E-state index in [4.69, 9.17) is 90.0 Å². The molecule has 0 amide bonds. The molecule has 0 saturated heterocycles. The number of carbonyl (C=O) groups is 16. The van der Waals surface area contributed by atoms with Gasteiger partial charge in [-0.05, 0) is 315 Å². The van der Waals surface area contributed by atoms with Crippen molar-refractivity contribution in [2.75, 3.05) is 46.2 Å². The molecule has 0 saturated carbocycles. The van der Waals surface area contributed by atoms with Crippen molar-refractivity contribution < 1.29 is 167 Å². The Morgan fingerprint density at radius 1 is 0.212 bits per heavy atom. The van der Waals surface area contributed by atoms with E-state index in [1.165, 1.54) is 190 Å². The molecule has 0 N–H and O–H groups in total. The molecule has 0 bridgehead atoms. The van der Waals surface area contributed by atoms with Gasteiger partial charge in [0.15, 0.2) is 5.78 Å². The van der Waals surface area contributed by atoms with Crippen LogP contribution in [0.2, 0.25) is 0 Å². The topological polar surface area (TPSA) is 448 Å². The number of benzene rings is 10. The lowest BCUT2D eigenvalue weighted by atomic mass is 10.1. The van der Waals surface area contributed by atoms with Gasteiger partial charge in [-0.15, -0.1) is 0 Å². The van der Waals surface area contributed by atoms with Crippen molar-refractivity contribution in [2.24, 2.45) is 0 Å². The first-order valence-corrected chi connectivity index (χ1v) is 45.8. The van der Waals surface area contributed by atoms with Crippen LogP contribution in [0.5, 0.6) is 69.0 Å². The minimum Gasteiger partial charge on any atom is -0.463 e. The number of esters is 11. The summed E-state index contributed by atoms with van der Waals surface area (Å²) in [5.74, 6) is -2.40. The molecule has 10 rings (SSSR count). The Kier molecular flexibility index (Phi) is 50.2. The van der Waals surface area contributed by atoms with Gasteiger partial charge < -0.3 is 90.0 Å². The summed E-state index contributed by atoms with van der Waals surface area (Å²) in [5, 5.41) is 0. The van der Waals surface area contributed by atoms with Crippen LogP contribution in [-0.2, 0) is 61.9 Å². The molecular weight excluding hydrogens is 1890 g/mol. The number of rotatable bonds is 47. The smallest absolute Gasteiger partial charge is 0.463 e. The predicted molar refractivity (Wildman–Crippen MR) is 527 cm³/mol. The Bertz CT molecular complexity index is 6080. The third-order valence-electron chi connectivity index (χ3n) is 19.5. The van der Waals surface area contributed by atoms with Gasteiger partial charge in [0.1, 0.15) is 69.0 Å². The van der Waals surface area contributed by atoms with Gasteiger partial charge in [0.25, 0.3) is 0 Å². The van der Waals surface area contributed by atoms with Gasteiger partial charge in [-0.2, -0.15) is 0 Å². The number of hydrogen-bond acceptors (Lipinski definition) is 35. The minimum atomic E-state index is -0.916. The summed E-state index contributed by atoms with van der Waals surface area (Å²) in [6, 6.07) is 58.5. The number of hydrogen-bond donors (Lipinski definition) is 0. The van der Waals surface area contributed by atoms with Gasteiger partial charge in [-0.3, -0.25) is 14.4 Å². The minimum absolute atomic E-state index is 0.0480. The molecule has 0 aliphatic rings. The first-order chi connectivity index (χ1) is 70.2. The van der Waals surface area contributed by atoms with Crippen molar-refractivity contribution in [1.29, 1.82) is 0 Å². The lowest BCUT2D eigenvalue weighted by Gasteiger charge is -2.10. The molecule has 10 aromatic carbocycles. The molecule has 0 aromatic heterocycles. The molecule has 35 heteroatoms. The molecule has 764 valence electrons. The highest BCUT2D eigenvalue weighted by molar-refractivity contribution is 5.96. The van der Waals surface area contributed by atoms with E-state index in [0.29, 0.717) is 108 Å². The first kappa shape index (κ1) is 115. The SMILES string of the molecule is C=CC(=O)CCCCCCCOC(=O)Oc1ccc(C(=O)Oc2ccc(C(=O)Oc3ccc(OC(C)=O)cc3C)cc2)cc1.C=CC(=O)OCCCCCCOC(=O)Oc1ccc(C(=O)Oc2ccc(C)cc2)cc1.C=CC(=O)OCCCCOC(=O)Oc1ccc(C(=O)Oc2ccc(C(=O)Oc3ccc(OC(C)=O)cc3C)cc2)cc1.C=CC(=O)OCCCCOC(=O)Oc1ccc(C(=O)Oc2ccc(C)cc2)cc1. The number of allylic oxidation sites excluding steroid dienone is 1. The van der Waals surface area contributed by atoms with Gasteiger partial charge in [0.2, 0.25) is 0 Å². The summed E-state index contributed by atoms with van der Waals surface area (Å²) in [4.78, 5) is 188. The van der Waals surface area contributed by atoms with Crippen molar-refractivity contribution in [3.63, 3.8) is 0 Å². The van der Waals surface area contributed by atoms with Crippen molar-refractivity contribution in [3.05, 3.63) is 337 Å². The quantitative estimate of drug-likeness (QED) is 0.00853. The van der Waals surface area contributed by atoms with E-state index in [1.54, 1.807) is 50.2 Å². The molecule has 0 atom stereocenters. The first-order valence-electron chi connectivity index (χ1n) is 45.8. The number of carbonyl (C=O) groups excluding carboxylic acids is 16. The van der Waals surface area contributed by atoms with E-state index in [2.05, 4.69) is 26.3 Å². The Morgan fingerprint density at radius 2 is 0.411 bits per heavy atom. The fourth-order valence-corrected chi connectivity index (χ4v) is 11.9. The third kappa shape index (κ3) is 45.6. The number of ether oxygens (including phenoxy) is 19. The molecule has 0 heterocycles. The van der Waals surface area contributed by atoms with E-state index in [0.717, 1.165) is 74.3 Å². The van der Waals surface area contributed by atoms with Crippen molar-refractivity contribution in [3.8, 4) is 69.0 Å². The van der Waals surface area contributed by atoms with E-state index in [1.807, 2.05) is 38.1 Å². The summed E-state index contributed by atoms with van der Waals surface area (Å²) in [7, 11) is 0. The molecule has 0 fully saturated rings. The molecular formula is C111H110O35. The second-order valence-corrected chi connectivity index (χ2v) is 31.1. The summed E-state index contributed by atoms with van der Waals surface area (Å²) in [6.45, 7) is 24.7. The highest BCUT2D eigenvalue weighted by Gasteiger charge is 2.21. The van der Waals surface area contributed by atoms with E-state index in [9.17, 15) is 76.7 Å². The van der Waals surface area contributed by atoms with Crippen molar-refractivity contribution in [2.45, 2.75) is 131 Å². The molecule has 0 radical (unpaired) electrons. The fourth-order valence-electron chi connectivity index (χ4n) is 11.9. The van der Waals surface area contributed by atoms with E-state index >= 15 is 0 Å². The van der Waals surface area contributed by atoms with Gasteiger partial charge >= 0.3 is 90.3 Å². The lowest BCUT2D eigenvalue weighted by molar-refractivity contribution is -0.138. The summed E-state index contributed by atoms with van der Waals surface area (Å²) in [6.07, 6.45) is 11.1. The van der Waals surface area contributed by atoms with Gasteiger partial charge in [-0.25, -0.2) is 62.3 Å². The third-order valence-corrected chi connectivity index (χ3v) is 19.5. The van der Waals surface area contributed by atoms with Crippen LogP contribution in [0.25, 0.3) is 0 Å². The summed E-state index contributed by atoms with van der Waals surface area (Å²) >= 11 is 0. The zero-order valence-corrected chi connectivity index (χ0v) is 81.2. The highest BCUT2D eigenvalue weighted by atomic mass is 16.7. The van der Waals surface area contributed by atoms with Crippen LogP contribution in [0, 0.1) is 27.7 Å². The largest absolute Gasteiger partial charge is 0.513 e. The van der Waals surface area contributed by atoms with E-state index in [-0.39, 0.29) is 102 Å². The van der Waals surface area contributed by atoms with E-state index < -0.39 is 90.3 Å². The molecule has 0 aliphatic heterocycles. The van der Waals surface area contributed by atoms with Crippen LogP contribution in [-0.4, -0.2) is 142 Å². The maximum atomic E-state index is 12.6. The zero-order chi connectivity index (χ0) is 106. The predicted octanol–water partition coefficient (Wildman–Crippen LogP) is 21.6. The normalized spacial score (nSPS) is 10.2. The zero-order valence-electron chi connectivity index (χ0n) is 81.2. The molecule has 0 unspecified atom stereocenters. The number of unbranched alkanes of at least 4 members (excludes halogenated alkanes) is 9. The second kappa shape index (κ2) is 63.7. The second-order valence-electron chi connectivity index (χ2n) is 31.1. The maximum absolute atomic E-state index is 12.6. The van der Waals surface area contributed by atoms with Crippen LogP contribution in [0.1, 0.15) is 188 Å². The van der Waals surface area contributed by atoms with Gasteiger partial charge in [0, 0.05) is 38.5 Å². The molecule has 10 aromatic rings. The summed E-state index contributed by atoms with van der Waals surface area (Å²) < 4.78 is 96.9. The highest BCUT2D eigenvalue weighted by Crippen LogP contribution is 2.30. The fraction of sp³-hybridized carbons (Fsp3) is 0.243. The maximum Gasteiger partial charge on any atom is 0.513 e. The monoisotopic (exact) mass is 2000 g/mol. The van der Waals surface area contributed by atoms with Crippen LogP contribution in [0.4, 0.5) is 19.2 Å². The van der Waals surface area contributed by atoms with Crippen LogP contribution >= 0.6 is 0 Å². The average molecular weight is 2000 g/mol. The van der Waals surface area contributed by atoms with Crippen LogP contribution in [0.3, 0.4) is 0 Å². The summed E-state index contributed by atoms with van der Waals surface area (Å²) in [5.41, 5.74) is 4.86.